The maximum Gasteiger partial charge on any atom is 0.0593 e. The average Bonchev–Trinajstić information content (AvgIpc) is 2.51. The summed E-state index contributed by atoms with van der Waals surface area (Å²) < 4.78 is 0. The van der Waals surface area contributed by atoms with E-state index in [1.54, 1.807) is 0 Å². The van der Waals surface area contributed by atoms with E-state index >= 15 is 0 Å². The van der Waals surface area contributed by atoms with Crippen molar-refractivity contribution in [1.29, 1.82) is 0 Å². The van der Waals surface area contributed by atoms with E-state index in [0.29, 0.717) is 0 Å². The van der Waals surface area contributed by atoms with Gasteiger partial charge in [0.1, 0.15) is 0 Å². The van der Waals surface area contributed by atoms with Crippen molar-refractivity contribution in [2.75, 3.05) is 0 Å². The maximum absolute atomic E-state index is 4.73. The van der Waals surface area contributed by atoms with Gasteiger partial charge in [0.15, 0.2) is 0 Å². The van der Waals surface area contributed by atoms with Crippen LogP contribution >= 0.6 is 0 Å². The maximum atomic E-state index is 4.73. The Morgan fingerprint density at radius 1 is 0.650 bits per heavy atom. The second kappa shape index (κ2) is 4.71. The summed E-state index contributed by atoms with van der Waals surface area (Å²) in [5.74, 6) is 0. The van der Waals surface area contributed by atoms with Gasteiger partial charge in [-0.3, -0.25) is 9.97 Å². The van der Waals surface area contributed by atoms with Gasteiger partial charge in [0, 0.05) is 12.4 Å². The zero-order chi connectivity index (χ0) is 13.4. The van der Waals surface area contributed by atoms with Gasteiger partial charge in [0.05, 0.1) is 11.4 Å². The van der Waals surface area contributed by atoms with E-state index in [4.69, 9.17) is 4.98 Å². The van der Waals surface area contributed by atoms with Crippen LogP contribution in [0.4, 0.5) is 0 Å². The molecule has 0 fully saturated rings. The van der Waals surface area contributed by atoms with Crippen LogP contribution in [0.3, 0.4) is 0 Å². The summed E-state index contributed by atoms with van der Waals surface area (Å²) in [6.45, 7) is 0. The molecular formula is C18H16N2. The van der Waals surface area contributed by atoms with Crippen LogP contribution in [0.25, 0.3) is 10.8 Å². The average molecular weight is 260 g/mol. The molecule has 0 radical (unpaired) electrons. The molecule has 0 saturated heterocycles. The molecule has 4 rings (SSSR count). The molecule has 0 atom stereocenters. The number of aryl methyl sites for hydroxylation is 4. The molecule has 2 heteroatoms. The third-order valence-electron chi connectivity index (χ3n) is 4.14. The van der Waals surface area contributed by atoms with Crippen molar-refractivity contribution in [3.63, 3.8) is 0 Å². The van der Waals surface area contributed by atoms with Crippen molar-refractivity contribution >= 4 is 10.8 Å². The van der Waals surface area contributed by atoms with Gasteiger partial charge in [-0.25, -0.2) is 0 Å². The SMILES string of the molecule is c1cc2c3cccc(c3c1)CCc1cncc(n1)CC2. The number of fused-ring (bicyclic) bond motifs is 2. The summed E-state index contributed by atoms with van der Waals surface area (Å²) in [7, 11) is 0. The van der Waals surface area contributed by atoms with Gasteiger partial charge in [0.25, 0.3) is 0 Å². The number of rotatable bonds is 0. The third kappa shape index (κ3) is 1.97. The van der Waals surface area contributed by atoms with Crippen LogP contribution in [0.15, 0.2) is 48.8 Å². The summed E-state index contributed by atoms with van der Waals surface area (Å²) in [5.41, 5.74) is 5.04. The van der Waals surface area contributed by atoms with Crippen LogP contribution in [0, 0.1) is 0 Å². The fraction of sp³-hybridized carbons (Fsp3) is 0.222. The Bertz CT molecular complexity index is 715. The van der Waals surface area contributed by atoms with Crippen molar-refractivity contribution in [2.45, 2.75) is 25.7 Å². The molecule has 1 aliphatic heterocycles. The predicted molar refractivity (Wildman–Crippen MR) is 80.8 cm³/mol. The molecule has 0 aliphatic carbocycles. The zero-order valence-corrected chi connectivity index (χ0v) is 11.3. The van der Waals surface area contributed by atoms with Gasteiger partial charge < -0.3 is 0 Å². The molecule has 2 heterocycles. The normalized spacial score (nSPS) is 14.2. The number of aromatic nitrogens is 2. The minimum absolute atomic E-state index is 0.962. The molecule has 98 valence electrons. The van der Waals surface area contributed by atoms with Gasteiger partial charge in [-0.2, -0.15) is 0 Å². The second-order valence-electron chi connectivity index (χ2n) is 5.43. The fourth-order valence-electron chi connectivity index (χ4n) is 3.09. The summed E-state index contributed by atoms with van der Waals surface area (Å²) in [6.07, 6.45) is 7.78. The lowest BCUT2D eigenvalue weighted by molar-refractivity contribution is 0.846. The third-order valence-corrected chi connectivity index (χ3v) is 4.14. The number of nitrogens with zero attached hydrogens (tertiary/aromatic N) is 2. The molecule has 0 saturated carbocycles. The Kier molecular flexibility index (Phi) is 2.73. The van der Waals surface area contributed by atoms with Crippen LogP contribution in [0.5, 0.6) is 0 Å². The molecule has 3 aromatic rings. The molecule has 0 unspecified atom stereocenters. The Hall–Kier alpha value is -2.22. The van der Waals surface area contributed by atoms with E-state index in [-0.39, 0.29) is 0 Å². The lowest BCUT2D eigenvalue weighted by Gasteiger charge is -2.09. The molecule has 1 aliphatic rings. The molecule has 2 nitrogen and oxygen atoms in total. The van der Waals surface area contributed by atoms with Gasteiger partial charge in [-0.15, -0.1) is 0 Å². The highest BCUT2D eigenvalue weighted by Crippen LogP contribution is 2.25. The lowest BCUT2D eigenvalue weighted by Crippen LogP contribution is -2.00. The van der Waals surface area contributed by atoms with E-state index in [1.165, 1.54) is 21.9 Å². The van der Waals surface area contributed by atoms with Crippen molar-refractivity contribution in [2.24, 2.45) is 0 Å². The number of benzene rings is 2. The van der Waals surface area contributed by atoms with Crippen LogP contribution in [0.2, 0.25) is 0 Å². The standard InChI is InChI=1S/C18H16N2/c1-3-13-7-9-15-11-19-12-16(20-15)10-8-14-4-2-6-18(13)17(14)5-1/h1-6,11-12H,7-10H2. The first-order valence-electron chi connectivity index (χ1n) is 7.19. The number of hydrogen-bond acceptors (Lipinski definition) is 2. The van der Waals surface area contributed by atoms with Crippen LogP contribution < -0.4 is 0 Å². The first kappa shape index (κ1) is 11.6. The van der Waals surface area contributed by atoms with E-state index < -0.39 is 0 Å². The Balaban J connectivity index is 1.92. The van der Waals surface area contributed by atoms with Crippen LogP contribution in [-0.2, 0) is 25.7 Å². The predicted octanol–water partition coefficient (Wildman–Crippen LogP) is 3.51. The second-order valence-corrected chi connectivity index (χ2v) is 5.43. The summed E-state index contributed by atoms with van der Waals surface area (Å²) in [6, 6.07) is 13.3. The first-order valence-corrected chi connectivity index (χ1v) is 7.19. The largest absolute Gasteiger partial charge is 0.261 e. The van der Waals surface area contributed by atoms with Gasteiger partial charge in [-0.1, -0.05) is 36.4 Å². The van der Waals surface area contributed by atoms with Crippen molar-refractivity contribution in [3.8, 4) is 0 Å². The molecule has 6 bridgehead atoms. The highest BCUT2D eigenvalue weighted by molar-refractivity contribution is 5.88. The zero-order valence-electron chi connectivity index (χ0n) is 11.3. The van der Waals surface area contributed by atoms with Crippen molar-refractivity contribution < 1.29 is 0 Å². The highest BCUT2D eigenvalue weighted by atomic mass is 14.8. The van der Waals surface area contributed by atoms with E-state index in [1.807, 2.05) is 12.4 Å². The van der Waals surface area contributed by atoms with Crippen LogP contribution in [0.1, 0.15) is 22.5 Å². The van der Waals surface area contributed by atoms with E-state index in [0.717, 1.165) is 37.1 Å². The van der Waals surface area contributed by atoms with E-state index in [2.05, 4.69) is 41.4 Å². The quantitative estimate of drug-likeness (QED) is 0.618. The van der Waals surface area contributed by atoms with Crippen LogP contribution in [-0.4, -0.2) is 9.97 Å². The monoisotopic (exact) mass is 260 g/mol. The van der Waals surface area contributed by atoms with Crippen molar-refractivity contribution in [3.05, 3.63) is 71.3 Å². The summed E-state index contributed by atoms with van der Waals surface area (Å²) in [5, 5.41) is 2.79. The minimum atomic E-state index is 0.962. The Labute approximate surface area is 118 Å². The molecule has 20 heavy (non-hydrogen) atoms. The fourth-order valence-corrected chi connectivity index (χ4v) is 3.09. The van der Waals surface area contributed by atoms with Gasteiger partial charge in [0.2, 0.25) is 0 Å². The lowest BCUT2D eigenvalue weighted by atomic mass is 9.95. The molecule has 0 spiro atoms. The molecule has 2 aromatic carbocycles. The Morgan fingerprint density at radius 3 is 1.75 bits per heavy atom. The highest BCUT2D eigenvalue weighted by Gasteiger charge is 2.09. The smallest absolute Gasteiger partial charge is 0.0593 e. The topological polar surface area (TPSA) is 25.8 Å². The Morgan fingerprint density at radius 2 is 1.20 bits per heavy atom. The molecule has 0 N–H and O–H groups in total. The van der Waals surface area contributed by atoms with Gasteiger partial charge in [-0.05, 0) is 47.6 Å². The first-order chi connectivity index (χ1) is 9.90. The molecule has 0 amide bonds. The molecular weight excluding hydrogens is 244 g/mol. The number of hydrogen-bond donors (Lipinski definition) is 0. The summed E-state index contributed by atoms with van der Waals surface area (Å²) in [4.78, 5) is 9.06. The van der Waals surface area contributed by atoms with Gasteiger partial charge >= 0.3 is 0 Å². The van der Waals surface area contributed by atoms with E-state index in [9.17, 15) is 0 Å². The van der Waals surface area contributed by atoms with Crippen molar-refractivity contribution in [1.82, 2.24) is 9.97 Å². The molecule has 1 aromatic heterocycles. The minimum Gasteiger partial charge on any atom is -0.261 e. The summed E-state index contributed by atoms with van der Waals surface area (Å²) >= 11 is 0.